The number of hydrogen-bond acceptors (Lipinski definition) is 5. The van der Waals surface area contributed by atoms with Crippen molar-refractivity contribution in [3.05, 3.63) is 23.3 Å². The second-order valence-electron chi connectivity index (χ2n) is 7.90. The van der Waals surface area contributed by atoms with Crippen LogP contribution >= 0.6 is 0 Å². The first-order valence-electron chi connectivity index (χ1n) is 9.68. The number of rotatable bonds is 3. The van der Waals surface area contributed by atoms with Gasteiger partial charge in [-0.15, -0.1) is 0 Å². The Labute approximate surface area is 155 Å². The molecule has 0 aromatic carbocycles. The van der Waals surface area contributed by atoms with E-state index in [2.05, 4.69) is 18.8 Å². The van der Waals surface area contributed by atoms with Gasteiger partial charge in [0.05, 0.1) is 12.3 Å². The molecule has 7 nitrogen and oxygen atoms in total. The number of hydrogen-bond donors (Lipinski definition) is 0. The Morgan fingerprint density at radius 2 is 1.88 bits per heavy atom. The van der Waals surface area contributed by atoms with Crippen LogP contribution in [0.3, 0.4) is 0 Å². The summed E-state index contributed by atoms with van der Waals surface area (Å²) in [5.74, 6) is 1.03. The Morgan fingerprint density at radius 1 is 1.15 bits per heavy atom. The van der Waals surface area contributed by atoms with E-state index in [0.29, 0.717) is 32.8 Å². The van der Waals surface area contributed by atoms with Gasteiger partial charge >= 0.3 is 0 Å². The van der Waals surface area contributed by atoms with Crippen LogP contribution in [0.2, 0.25) is 0 Å². The summed E-state index contributed by atoms with van der Waals surface area (Å²) in [5, 5.41) is 0. The minimum atomic E-state index is -3.42. The molecule has 8 heteroatoms. The summed E-state index contributed by atoms with van der Waals surface area (Å²) in [7, 11) is -3.42. The predicted molar refractivity (Wildman–Crippen MR) is 98.0 cm³/mol. The highest BCUT2D eigenvalue weighted by Gasteiger charge is 2.47. The van der Waals surface area contributed by atoms with Crippen LogP contribution < -0.4 is 0 Å². The van der Waals surface area contributed by atoms with Crippen molar-refractivity contribution in [2.24, 2.45) is 0 Å². The Balaban J connectivity index is 1.68. The molecule has 3 aliphatic rings. The number of aromatic nitrogens is 2. The molecule has 1 aromatic rings. The minimum Gasteiger partial charge on any atom is -0.367 e. The van der Waals surface area contributed by atoms with Crippen molar-refractivity contribution < 1.29 is 13.2 Å². The Kier molecular flexibility index (Phi) is 4.79. The lowest BCUT2D eigenvalue weighted by Gasteiger charge is -2.45. The summed E-state index contributed by atoms with van der Waals surface area (Å²) in [6.07, 6.45) is 6.18. The fourth-order valence-corrected chi connectivity index (χ4v) is 6.05. The zero-order chi connectivity index (χ0) is 18.4. The number of fused-ring (bicyclic) bond motifs is 2. The molecule has 0 radical (unpaired) electrons. The smallest absolute Gasteiger partial charge is 0.282 e. The molecule has 4 rings (SSSR count). The minimum absolute atomic E-state index is 0.229. The van der Waals surface area contributed by atoms with Gasteiger partial charge in [0.15, 0.2) is 0 Å². The van der Waals surface area contributed by atoms with Gasteiger partial charge in [0, 0.05) is 38.3 Å². The van der Waals surface area contributed by atoms with Crippen molar-refractivity contribution in [2.75, 3.05) is 32.8 Å². The van der Waals surface area contributed by atoms with Crippen molar-refractivity contribution in [1.29, 1.82) is 0 Å². The third-order valence-corrected chi connectivity index (χ3v) is 7.70. The Hall–Kier alpha value is -1.09. The Morgan fingerprint density at radius 3 is 2.62 bits per heavy atom. The Bertz CT molecular complexity index is 777. The van der Waals surface area contributed by atoms with Crippen molar-refractivity contribution in [3.63, 3.8) is 0 Å². The number of nitrogens with zero attached hydrogens (tertiary/aromatic N) is 4. The van der Waals surface area contributed by atoms with Crippen LogP contribution in [0.25, 0.3) is 0 Å². The molecular weight excluding hydrogens is 352 g/mol. The van der Waals surface area contributed by atoms with Gasteiger partial charge in [-0.05, 0) is 37.7 Å². The zero-order valence-corrected chi connectivity index (χ0v) is 16.5. The fraction of sp³-hybridized carbons (Fsp3) is 0.778. The third-order valence-electron chi connectivity index (χ3n) is 5.72. The lowest BCUT2D eigenvalue weighted by molar-refractivity contribution is -0.0942. The van der Waals surface area contributed by atoms with E-state index in [1.165, 1.54) is 0 Å². The van der Waals surface area contributed by atoms with Crippen molar-refractivity contribution in [3.8, 4) is 0 Å². The van der Waals surface area contributed by atoms with E-state index in [-0.39, 0.29) is 5.92 Å². The van der Waals surface area contributed by atoms with Crippen LogP contribution in [0.4, 0.5) is 0 Å². The second kappa shape index (κ2) is 6.82. The first-order valence-corrected chi connectivity index (χ1v) is 11.1. The van der Waals surface area contributed by atoms with E-state index in [1.54, 1.807) is 8.61 Å². The molecule has 1 spiro atoms. The van der Waals surface area contributed by atoms with Crippen LogP contribution in [0.1, 0.15) is 62.5 Å². The van der Waals surface area contributed by atoms with Gasteiger partial charge in [0.25, 0.3) is 10.2 Å². The van der Waals surface area contributed by atoms with E-state index < -0.39 is 15.8 Å². The molecular formula is C18H28N4O3S. The molecule has 0 bridgehead atoms. The van der Waals surface area contributed by atoms with Crippen LogP contribution in [0, 0.1) is 0 Å². The lowest BCUT2D eigenvalue weighted by Crippen LogP contribution is -2.55. The first-order chi connectivity index (χ1) is 12.4. The summed E-state index contributed by atoms with van der Waals surface area (Å²) in [5.41, 5.74) is 1.37. The third kappa shape index (κ3) is 3.06. The van der Waals surface area contributed by atoms with E-state index in [9.17, 15) is 8.42 Å². The number of ether oxygens (including phenoxy) is 1. The highest BCUT2D eigenvalue weighted by Crippen LogP contribution is 2.40. The molecule has 0 saturated carbocycles. The molecule has 0 N–H and O–H groups in total. The summed E-state index contributed by atoms with van der Waals surface area (Å²) in [6.45, 7) is 6.90. The van der Waals surface area contributed by atoms with Crippen LogP contribution in [-0.4, -0.2) is 59.8 Å². The van der Waals surface area contributed by atoms with Gasteiger partial charge in [0.1, 0.15) is 11.4 Å². The highest BCUT2D eigenvalue weighted by molar-refractivity contribution is 7.86. The van der Waals surface area contributed by atoms with Gasteiger partial charge in [-0.2, -0.15) is 17.0 Å². The van der Waals surface area contributed by atoms with Crippen molar-refractivity contribution in [1.82, 2.24) is 18.6 Å². The lowest BCUT2D eigenvalue weighted by atomic mass is 9.85. The maximum Gasteiger partial charge on any atom is 0.282 e. The van der Waals surface area contributed by atoms with Crippen LogP contribution in [0.5, 0.6) is 0 Å². The predicted octanol–water partition coefficient (Wildman–Crippen LogP) is 1.80. The van der Waals surface area contributed by atoms with Gasteiger partial charge in [0.2, 0.25) is 0 Å². The molecule has 1 unspecified atom stereocenters. The summed E-state index contributed by atoms with van der Waals surface area (Å²) < 4.78 is 35.6. The monoisotopic (exact) mass is 380 g/mol. The maximum absolute atomic E-state index is 13.1. The van der Waals surface area contributed by atoms with Gasteiger partial charge in [-0.1, -0.05) is 13.8 Å². The van der Waals surface area contributed by atoms with Gasteiger partial charge in [-0.3, -0.25) is 0 Å². The molecule has 3 aliphatic heterocycles. The van der Waals surface area contributed by atoms with Gasteiger partial charge < -0.3 is 4.74 Å². The second-order valence-corrected chi connectivity index (χ2v) is 9.83. The fourth-order valence-electron chi connectivity index (χ4n) is 4.27. The topological polar surface area (TPSA) is 75.6 Å². The number of piperidine rings is 1. The van der Waals surface area contributed by atoms with E-state index >= 15 is 0 Å². The van der Waals surface area contributed by atoms with Crippen LogP contribution in [0.15, 0.2) is 6.20 Å². The molecule has 0 amide bonds. The van der Waals surface area contributed by atoms with E-state index in [0.717, 1.165) is 49.2 Å². The standard InChI is InChI=1S/C18H28N4O3S/c1-14(2)17-19-12-15-6-11-25-18(16(15)20-17)7-5-10-22(13-18)26(23,24)21-8-3-4-9-21/h12,14H,3-11,13H2,1-2H3. The maximum atomic E-state index is 13.1. The summed E-state index contributed by atoms with van der Waals surface area (Å²) in [4.78, 5) is 9.33. The van der Waals surface area contributed by atoms with E-state index in [4.69, 9.17) is 9.72 Å². The largest absolute Gasteiger partial charge is 0.367 e. The first kappa shape index (κ1) is 18.3. The molecule has 1 atom stereocenters. The zero-order valence-electron chi connectivity index (χ0n) is 15.6. The normalized spacial score (nSPS) is 28.0. The van der Waals surface area contributed by atoms with Crippen LogP contribution in [-0.2, 0) is 27.0 Å². The molecule has 144 valence electrons. The molecule has 1 aromatic heterocycles. The highest BCUT2D eigenvalue weighted by atomic mass is 32.2. The van der Waals surface area contributed by atoms with E-state index in [1.807, 2.05) is 6.20 Å². The molecule has 0 aliphatic carbocycles. The molecule has 2 saturated heterocycles. The van der Waals surface area contributed by atoms with Crippen molar-refractivity contribution >= 4 is 10.2 Å². The average molecular weight is 381 g/mol. The molecule has 2 fully saturated rings. The average Bonchev–Trinajstić information content (AvgIpc) is 3.17. The van der Waals surface area contributed by atoms with Crippen molar-refractivity contribution in [2.45, 2.75) is 57.5 Å². The molecule has 26 heavy (non-hydrogen) atoms. The molecule has 4 heterocycles. The SMILES string of the molecule is CC(C)c1ncc2c(n1)C1(CCCN(S(=O)(=O)N3CCCC3)C1)OCC2. The van der Waals surface area contributed by atoms with Gasteiger partial charge in [-0.25, -0.2) is 9.97 Å². The summed E-state index contributed by atoms with van der Waals surface area (Å²) >= 11 is 0. The summed E-state index contributed by atoms with van der Waals surface area (Å²) in [6, 6.07) is 0. The quantitative estimate of drug-likeness (QED) is 0.799.